The van der Waals surface area contributed by atoms with Crippen LogP contribution >= 0.6 is 15.9 Å². The van der Waals surface area contributed by atoms with Crippen molar-refractivity contribution in [3.05, 3.63) is 34.9 Å². The summed E-state index contributed by atoms with van der Waals surface area (Å²) in [6, 6.07) is 7.35. The molecule has 1 aromatic heterocycles. The van der Waals surface area contributed by atoms with Crippen LogP contribution < -0.4 is 4.90 Å². The molecule has 0 amide bonds. The largest absolute Gasteiger partial charge is 0.480 e. The lowest BCUT2D eigenvalue weighted by Crippen LogP contribution is -2.36. The Morgan fingerprint density at radius 2 is 2.26 bits per heavy atom. The second-order valence-corrected chi connectivity index (χ2v) is 5.51. The number of halogens is 1. The van der Waals surface area contributed by atoms with Gasteiger partial charge in [0, 0.05) is 28.3 Å². The van der Waals surface area contributed by atoms with Gasteiger partial charge in [0.15, 0.2) is 0 Å². The van der Waals surface area contributed by atoms with Gasteiger partial charge >= 0.3 is 5.97 Å². The smallest absolute Gasteiger partial charge is 0.326 e. The van der Waals surface area contributed by atoms with Gasteiger partial charge < -0.3 is 10.0 Å². The van der Waals surface area contributed by atoms with Gasteiger partial charge in [0.2, 0.25) is 0 Å². The lowest BCUT2D eigenvalue weighted by molar-refractivity contribution is -0.138. The summed E-state index contributed by atoms with van der Waals surface area (Å²) in [5, 5.41) is 10.3. The van der Waals surface area contributed by atoms with Gasteiger partial charge in [-0.3, -0.25) is 4.98 Å². The van der Waals surface area contributed by atoms with Crippen LogP contribution in [0.15, 0.2) is 34.9 Å². The van der Waals surface area contributed by atoms with Crippen molar-refractivity contribution in [1.82, 2.24) is 4.98 Å². The van der Waals surface area contributed by atoms with Gasteiger partial charge in [-0.05, 0) is 40.9 Å². The first-order valence-electron chi connectivity index (χ1n) is 6.21. The van der Waals surface area contributed by atoms with Crippen LogP contribution in [0, 0.1) is 0 Å². The van der Waals surface area contributed by atoms with E-state index in [9.17, 15) is 9.90 Å². The van der Waals surface area contributed by atoms with E-state index in [0.717, 1.165) is 34.0 Å². The van der Waals surface area contributed by atoms with Crippen molar-refractivity contribution in [2.24, 2.45) is 0 Å². The highest BCUT2D eigenvalue weighted by Gasteiger charge is 2.31. The number of carboxylic acids is 1. The van der Waals surface area contributed by atoms with Gasteiger partial charge in [-0.1, -0.05) is 12.1 Å². The molecule has 98 valence electrons. The molecule has 19 heavy (non-hydrogen) atoms. The predicted molar refractivity (Wildman–Crippen MR) is 77.4 cm³/mol. The third kappa shape index (κ3) is 2.08. The van der Waals surface area contributed by atoms with Gasteiger partial charge in [-0.25, -0.2) is 4.79 Å². The summed E-state index contributed by atoms with van der Waals surface area (Å²) in [6.45, 7) is 0.780. The van der Waals surface area contributed by atoms with E-state index in [0.29, 0.717) is 6.42 Å². The first kappa shape index (κ1) is 12.4. The maximum absolute atomic E-state index is 11.3. The number of hydrogen-bond acceptors (Lipinski definition) is 3. The molecule has 4 nitrogen and oxygen atoms in total. The Hall–Kier alpha value is -1.62. The molecule has 1 aliphatic rings. The summed E-state index contributed by atoms with van der Waals surface area (Å²) in [7, 11) is 0. The fourth-order valence-electron chi connectivity index (χ4n) is 2.69. The van der Waals surface area contributed by atoms with Crippen molar-refractivity contribution in [3.63, 3.8) is 0 Å². The van der Waals surface area contributed by atoms with Gasteiger partial charge in [-0.15, -0.1) is 0 Å². The van der Waals surface area contributed by atoms with Crippen molar-refractivity contribution in [3.8, 4) is 0 Å². The standard InChI is InChI=1S/C14H13BrN2O2/c15-10-4-1-3-9-11(6-7-16-13(9)10)17-8-2-5-12(17)14(18)19/h1,3-4,6-7,12H,2,5,8H2,(H,18,19). The van der Waals surface area contributed by atoms with Gasteiger partial charge in [0.1, 0.15) is 6.04 Å². The maximum atomic E-state index is 11.3. The van der Waals surface area contributed by atoms with Gasteiger partial charge in [0.25, 0.3) is 0 Å². The average Bonchev–Trinajstić information content (AvgIpc) is 2.88. The Labute approximate surface area is 119 Å². The van der Waals surface area contributed by atoms with E-state index in [-0.39, 0.29) is 0 Å². The number of rotatable bonds is 2. The highest BCUT2D eigenvalue weighted by molar-refractivity contribution is 9.10. The number of nitrogens with zero attached hydrogens (tertiary/aromatic N) is 2. The molecular formula is C14H13BrN2O2. The van der Waals surface area contributed by atoms with E-state index in [1.165, 1.54) is 0 Å². The number of carboxylic acid groups (broad SMARTS) is 1. The molecule has 1 aromatic carbocycles. The van der Waals surface area contributed by atoms with E-state index in [1.807, 2.05) is 29.2 Å². The van der Waals surface area contributed by atoms with E-state index < -0.39 is 12.0 Å². The number of anilines is 1. The van der Waals surface area contributed by atoms with Gasteiger partial charge in [0.05, 0.1) is 5.52 Å². The molecule has 1 N–H and O–H groups in total. The summed E-state index contributed by atoms with van der Waals surface area (Å²) < 4.78 is 0.929. The van der Waals surface area contributed by atoms with Crippen LogP contribution in [0.25, 0.3) is 10.9 Å². The van der Waals surface area contributed by atoms with Crippen molar-refractivity contribution in [2.45, 2.75) is 18.9 Å². The Bertz CT molecular complexity index is 644. The third-order valence-electron chi connectivity index (χ3n) is 3.55. The number of carbonyl (C=O) groups is 1. The first-order valence-corrected chi connectivity index (χ1v) is 7.00. The average molecular weight is 321 g/mol. The number of para-hydroxylation sites is 1. The molecule has 0 aliphatic carbocycles. The van der Waals surface area contributed by atoms with E-state index in [1.54, 1.807) is 6.20 Å². The lowest BCUT2D eigenvalue weighted by atomic mass is 10.1. The zero-order valence-electron chi connectivity index (χ0n) is 10.2. The number of benzene rings is 1. The molecule has 1 saturated heterocycles. The number of aliphatic carboxylic acids is 1. The lowest BCUT2D eigenvalue weighted by Gasteiger charge is -2.25. The zero-order chi connectivity index (χ0) is 13.4. The van der Waals surface area contributed by atoms with Crippen molar-refractivity contribution in [1.29, 1.82) is 0 Å². The normalized spacial score (nSPS) is 19.0. The minimum atomic E-state index is -0.752. The Morgan fingerprint density at radius 1 is 1.42 bits per heavy atom. The molecule has 0 bridgehead atoms. The van der Waals surface area contributed by atoms with E-state index >= 15 is 0 Å². The Balaban J connectivity index is 2.15. The summed E-state index contributed by atoms with van der Waals surface area (Å²) >= 11 is 3.49. The maximum Gasteiger partial charge on any atom is 0.326 e. The molecular weight excluding hydrogens is 308 g/mol. The molecule has 1 aliphatic heterocycles. The third-order valence-corrected chi connectivity index (χ3v) is 4.19. The van der Waals surface area contributed by atoms with Crippen LogP contribution in [0.5, 0.6) is 0 Å². The van der Waals surface area contributed by atoms with Crippen LogP contribution in [0.4, 0.5) is 5.69 Å². The van der Waals surface area contributed by atoms with Crippen LogP contribution in [-0.2, 0) is 4.79 Å². The van der Waals surface area contributed by atoms with Crippen molar-refractivity contribution < 1.29 is 9.90 Å². The van der Waals surface area contributed by atoms with Crippen LogP contribution in [-0.4, -0.2) is 28.6 Å². The number of pyridine rings is 1. The zero-order valence-corrected chi connectivity index (χ0v) is 11.8. The second-order valence-electron chi connectivity index (χ2n) is 4.66. The summed E-state index contributed by atoms with van der Waals surface area (Å²) in [5.41, 5.74) is 1.83. The molecule has 0 saturated carbocycles. The quantitative estimate of drug-likeness (QED) is 0.924. The molecule has 2 heterocycles. The molecule has 0 spiro atoms. The fraction of sp³-hybridized carbons (Fsp3) is 0.286. The molecule has 0 radical (unpaired) electrons. The molecule has 1 atom stereocenters. The predicted octanol–water partition coefficient (Wildman–Crippen LogP) is 3.05. The minimum Gasteiger partial charge on any atom is -0.480 e. The van der Waals surface area contributed by atoms with E-state index in [4.69, 9.17) is 0 Å². The highest BCUT2D eigenvalue weighted by Crippen LogP contribution is 2.33. The topological polar surface area (TPSA) is 53.4 Å². The minimum absolute atomic E-state index is 0.426. The summed E-state index contributed by atoms with van der Waals surface area (Å²) in [6.07, 6.45) is 3.35. The first-order chi connectivity index (χ1) is 9.18. The molecule has 2 aromatic rings. The second kappa shape index (κ2) is 4.81. The summed E-state index contributed by atoms with van der Waals surface area (Å²) in [5.74, 6) is -0.752. The van der Waals surface area contributed by atoms with Crippen molar-refractivity contribution >= 4 is 38.5 Å². The SMILES string of the molecule is O=C(O)C1CCCN1c1ccnc2c(Br)cccc12. The molecule has 3 rings (SSSR count). The molecule has 1 fully saturated rings. The van der Waals surface area contributed by atoms with Crippen LogP contribution in [0.2, 0.25) is 0 Å². The number of hydrogen-bond donors (Lipinski definition) is 1. The number of aromatic nitrogens is 1. The Morgan fingerprint density at radius 3 is 3.05 bits per heavy atom. The fourth-order valence-corrected chi connectivity index (χ4v) is 3.16. The van der Waals surface area contributed by atoms with E-state index in [2.05, 4.69) is 20.9 Å². The molecule has 5 heteroatoms. The van der Waals surface area contributed by atoms with Crippen LogP contribution in [0.3, 0.4) is 0 Å². The Kier molecular flexibility index (Phi) is 3.14. The summed E-state index contributed by atoms with van der Waals surface area (Å²) in [4.78, 5) is 17.7. The number of fused-ring (bicyclic) bond motifs is 1. The van der Waals surface area contributed by atoms with Crippen molar-refractivity contribution in [2.75, 3.05) is 11.4 Å². The molecule has 1 unspecified atom stereocenters. The highest BCUT2D eigenvalue weighted by atomic mass is 79.9. The van der Waals surface area contributed by atoms with Gasteiger partial charge in [-0.2, -0.15) is 0 Å². The monoisotopic (exact) mass is 320 g/mol. The van der Waals surface area contributed by atoms with Crippen LogP contribution in [0.1, 0.15) is 12.8 Å².